The van der Waals surface area contributed by atoms with Gasteiger partial charge in [0.25, 0.3) is 0 Å². The minimum atomic E-state index is 0.463. The fourth-order valence-corrected chi connectivity index (χ4v) is 2.04. The van der Waals surface area contributed by atoms with E-state index in [2.05, 4.69) is 39.5 Å². The maximum absolute atomic E-state index is 2.30. The molecule has 0 aliphatic heterocycles. The lowest BCUT2D eigenvalue weighted by molar-refractivity contribution is 0.657. The standard InChI is InChI=1S/C11H24S/c1-5-6-7-8-9-10-12-11(2,3)4/h5-10H2,1-4H3. The van der Waals surface area contributed by atoms with Gasteiger partial charge in [-0.3, -0.25) is 0 Å². The Balaban J connectivity index is 3.01. The average molecular weight is 188 g/mol. The minimum Gasteiger partial charge on any atom is -0.156 e. The Morgan fingerprint density at radius 2 is 1.50 bits per heavy atom. The average Bonchev–Trinajstić information content (AvgIpc) is 1.94. The first-order valence-corrected chi connectivity index (χ1v) is 6.19. The molecule has 0 atom stereocenters. The molecule has 0 spiro atoms. The van der Waals surface area contributed by atoms with Crippen LogP contribution in [-0.2, 0) is 0 Å². The van der Waals surface area contributed by atoms with Crippen molar-refractivity contribution < 1.29 is 0 Å². The molecule has 12 heavy (non-hydrogen) atoms. The maximum atomic E-state index is 2.30. The topological polar surface area (TPSA) is 0 Å². The molecule has 0 aliphatic rings. The Hall–Kier alpha value is 0.350. The van der Waals surface area contributed by atoms with Crippen LogP contribution < -0.4 is 0 Å². The summed E-state index contributed by atoms with van der Waals surface area (Å²) >= 11 is 2.09. The van der Waals surface area contributed by atoms with Crippen LogP contribution in [0.3, 0.4) is 0 Å². The van der Waals surface area contributed by atoms with Crippen LogP contribution in [0.1, 0.15) is 59.8 Å². The third-order valence-electron chi connectivity index (χ3n) is 1.78. The lowest BCUT2D eigenvalue weighted by Crippen LogP contribution is -2.08. The van der Waals surface area contributed by atoms with Crippen LogP contribution in [0.15, 0.2) is 0 Å². The molecule has 0 aromatic heterocycles. The molecule has 0 aromatic rings. The van der Waals surface area contributed by atoms with Crippen LogP contribution in [0, 0.1) is 0 Å². The first-order valence-electron chi connectivity index (χ1n) is 5.20. The second-order valence-electron chi connectivity index (χ2n) is 4.38. The summed E-state index contributed by atoms with van der Waals surface area (Å²) in [5, 5.41) is 0. The molecule has 0 aromatic carbocycles. The molecule has 0 bridgehead atoms. The van der Waals surface area contributed by atoms with E-state index in [9.17, 15) is 0 Å². The van der Waals surface area contributed by atoms with Gasteiger partial charge in [0.15, 0.2) is 0 Å². The monoisotopic (exact) mass is 188 g/mol. The minimum absolute atomic E-state index is 0.463. The number of hydrogen-bond donors (Lipinski definition) is 0. The molecule has 0 radical (unpaired) electrons. The Bertz CT molecular complexity index is 91.7. The highest BCUT2D eigenvalue weighted by molar-refractivity contribution is 8.00. The van der Waals surface area contributed by atoms with Gasteiger partial charge >= 0.3 is 0 Å². The Kier molecular flexibility index (Phi) is 7.02. The number of unbranched alkanes of at least 4 members (excludes halogenated alkanes) is 4. The summed E-state index contributed by atoms with van der Waals surface area (Å²) in [4.78, 5) is 0. The molecule has 0 N–H and O–H groups in total. The van der Waals surface area contributed by atoms with Crippen molar-refractivity contribution in [2.24, 2.45) is 0 Å². The molecule has 0 heterocycles. The van der Waals surface area contributed by atoms with E-state index in [1.807, 2.05) is 0 Å². The molecule has 0 nitrogen and oxygen atoms in total. The fourth-order valence-electron chi connectivity index (χ4n) is 1.08. The van der Waals surface area contributed by atoms with E-state index in [4.69, 9.17) is 0 Å². The largest absolute Gasteiger partial charge is 0.156 e. The number of rotatable bonds is 6. The van der Waals surface area contributed by atoms with Gasteiger partial charge in [-0.2, -0.15) is 11.8 Å². The Morgan fingerprint density at radius 1 is 0.917 bits per heavy atom. The smallest absolute Gasteiger partial charge is 0.00750 e. The van der Waals surface area contributed by atoms with Crippen LogP contribution in [0.25, 0.3) is 0 Å². The zero-order valence-electron chi connectivity index (χ0n) is 9.15. The molecule has 0 amide bonds. The molecule has 0 fully saturated rings. The highest BCUT2D eigenvalue weighted by atomic mass is 32.2. The summed E-state index contributed by atoms with van der Waals surface area (Å²) in [5.41, 5.74) is 0. The molecule has 74 valence electrons. The van der Waals surface area contributed by atoms with Crippen LogP contribution in [0.2, 0.25) is 0 Å². The van der Waals surface area contributed by atoms with Gasteiger partial charge in [-0.15, -0.1) is 0 Å². The van der Waals surface area contributed by atoms with E-state index in [0.29, 0.717) is 4.75 Å². The predicted octanol–water partition coefficient (Wildman–Crippen LogP) is 4.49. The lowest BCUT2D eigenvalue weighted by Gasteiger charge is -2.16. The highest BCUT2D eigenvalue weighted by Gasteiger charge is 2.08. The van der Waals surface area contributed by atoms with Gasteiger partial charge in [0.05, 0.1) is 0 Å². The quantitative estimate of drug-likeness (QED) is 0.553. The van der Waals surface area contributed by atoms with E-state index >= 15 is 0 Å². The summed E-state index contributed by atoms with van der Waals surface area (Å²) in [7, 11) is 0. The van der Waals surface area contributed by atoms with Crippen molar-refractivity contribution in [3.8, 4) is 0 Å². The van der Waals surface area contributed by atoms with Gasteiger partial charge in [-0.1, -0.05) is 53.4 Å². The summed E-state index contributed by atoms with van der Waals surface area (Å²) < 4.78 is 0.463. The predicted molar refractivity (Wildman–Crippen MR) is 61.0 cm³/mol. The normalized spacial score (nSPS) is 12.0. The van der Waals surface area contributed by atoms with E-state index in [1.54, 1.807) is 0 Å². The van der Waals surface area contributed by atoms with Crippen molar-refractivity contribution in [2.45, 2.75) is 64.5 Å². The van der Waals surface area contributed by atoms with Crippen LogP contribution in [0.4, 0.5) is 0 Å². The number of thioether (sulfide) groups is 1. The second kappa shape index (κ2) is 6.82. The molecule has 0 unspecified atom stereocenters. The first-order chi connectivity index (χ1) is 5.56. The zero-order chi connectivity index (χ0) is 9.45. The van der Waals surface area contributed by atoms with Crippen molar-refractivity contribution in [1.82, 2.24) is 0 Å². The van der Waals surface area contributed by atoms with E-state index in [0.717, 1.165) is 0 Å². The first kappa shape index (κ1) is 12.3. The molecular weight excluding hydrogens is 164 g/mol. The Labute approximate surface area is 82.5 Å². The molecule has 0 saturated carbocycles. The number of hydrogen-bond acceptors (Lipinski definition) is 1. The van der Waals surface area contributed by atoms with Crippen molar-refractivity contribution in [2.75, 3.05) is 5.75 Å². The molecular formula is C11H24S. The molecule has 0 rings (SSSR count). The second-order valence-corrected chi connectivity index (χ2v) is 6.30. The van der Waals surface area contributed by atoms with Crippen molar-refractivity contribution in [3.05, 3.63) is 0 Å². The SMILES string of the molecule is CCCCCCCSC(C)(C)C. The van der Waals surface area contributed by atoms with E-state index in [-0.39, 0.29) is 0 Å². The van der Waals surface area contributed by atoms with Crippen LogP contribution in [0.5, 0.6) is 0 Å². The molecule has 0 aliphatic carbocycles. The third-order valence-corrected chi connectivity index (χ3v) is 3.14. The third kappa shape index (κ3) is 10.3. The fraction of sp³-hybridized carbons (Fsp3) is 1.00. The Morgan fingerprint density at radius 3 is 2.00 bits per heavy atom. The van der Waals surface area contributed by atoms with Gasteiger partial charge in [0, 0.05) is 4.75 Å². The van der Waals surface area contributed by atoms with Crippen LogP contribution >= 0.6 is 11.8 Å². The van der Waals surface area contributed by atoms with Gasteiger partial charge in [-0.05, 0) is 12.2 Å². The van der Waals surface area contributed by atoms with Gasteiger partial charge < -0.3 is 0 Å². The summed E-state index contributed by atoms with van der Waals surface area (Å²) in [5.74, 6) is 1.34. The van der Waals surface area contributed by atoms with E-state index in [1.165, 1.54) is 37.9 Å². The van der Waals surface area contributed by atoms with E-state index < -0.39 is 0 Å². The molecule has 1 heteroatoms. The van der Waals surface area contributed by atoms with Crippen LogP contribution in [-0.4, -0.2) is 10.5 Å². The van der Waals surface area contributed by atoms with Gasteiger partial charge in [0.2, 0.25) is 0 Å². The van der Waals surface area contributed by atoms with Crippen molar-refractivity contribution in [1.29, 1.82) is 0 Å². The molecule has 0 saturated heterocycles. The van der Waals surface area contributed by atoms with Crippen molar-refractivity contribution >= 4 is 11.8 Å². The van der Waals surface area contributed by atoms with Crippen molar-refractivity contribution in [3.63, 3.8) is 0 Å². The lowest BCUT2D eigenvalue weighted by atomic mass is 10.2. The summed E-state index contributed by atoms with van der Waals surface area (Å²) in [6, 6.07) is 0. The maximum Gasteiger partial charge on any atom is 0.00750 e. The summed E-state index contributed by atoms with van der Waals surface area (Å²) in [6.07, 6.45) is 7.03. The zero-order valence-corrected chi connectivity index (χ0v) is 9.97. The van der Waals surface area contributed by atoms with Gasteiger partial charge in [0.1, 0.15) is 0 Å². The van der Waals surface area contributed by atoms with Gasteiger partial charge in [-0.25, -0.2) is 0 Å². The highest BCUT2D eigenvalue weighted by Crippen LogP contribution is 2.24. The summed E-state index contributed by atoms with van der Waals surface area (Å²) in [6.45, 7) is 9.15.